The molecule has 1 aromatic heterocycles. The summed E-state index contributed by atoms with van der Waals surface area (Å²) in [5, 5.41) is 7.58. The van der Waals surface area contributed by atoms with Crippen molar-refractivity contribution in [1.82, 2.24) is 15.1 Å². The lowest BCUT2D eigenvalue weighted by Crippen LogP contribution is -2.29. The molecule has 5 heteroatoms. The molecule has 0 fully saturated rings. The molecule has 1 aromatic carbocycles. The molecule has 1 amide bonds. The molecule has 128 valence electrons. The monoisotopic (exact) mass is 326 g/mol. The van der Waals surface area contributed by atoms with Crippen molar-refractivity contribution < 1.29 is 4.79 Å². The predicted octanol–water partition coefficient (Wildman–Crippen LogP) is 2.39. The largest absolute Gasteiger partial charge is 0.351 e. The molecule has 0 aliphatic heterocycles. The van der Waals surface area contributed by atoms with Gasteiger partial charge in [-0.1, -0.05) is 19.1 Å². The van der Waals surface area contributed by atoms with Crippen LogP contribution in [0.1, 0.15) is 54.0 Å². The van der Waals surface area contributed by atoms with Crippen molar-refractivity contribution >= 4 is 5.91 Å². The molecular weight excluding hydrogens is 300 g/mol. The molecule has 1 atom stereocenters. The molecule has 0 spiro atoms. The van der Waals surface area contributed by atoms with Crippen LogP contribution in [0.5, 0.6) is 0 Å². The number of carbonyl (C=O) groups excluding carboxylic acids is 1. The molecule has 1 aliphatic carbocycles. The van der Waals surface area contributed by atoms with E-state index in [1.807, 2.05) is 11.6 Å². The quantitative estimate of drug-likeness (QED) is 0.856. The summed E-state index contributed by atoms with van der Waals surface area (Å²) in [7, 11) is 0. The van der Waals surface area contributed by atoms with Gasteiger partial charge in [0.15, 0.2) is 5.69 Å². The van der Waals surface area contributed by atoms with Gasteiger partial charge < -0.3 is 11.1 Å². The normalized spacial score (nSPS) is 14.5. The van der Waals surface area contributed by atoms with Crippen molar-refractivity contribution in [3.05, 3.63) is 46.8 Å². The number of aromatic nitrogens is 2. The van der Waals surface area contributed by atoms with Gasteiger partial charge >= 0.3 is 0 Å². The summed E-state index contributed by atoms with van der Waals surface area (Å²) in [5.41, 5.74) is 10.9. The van der Waals surface area contributed by atoms with Gasteiger partial charge in [-0.2, -0.15) is 5.10 Å². The van der Waals surface area contributed by atoms with Crippen LogP contribution in [0.4, 0.5) is 0 Å². The Morgan fingerprint density at radius 3 is 2.75 bits per heavy atom. The van der Waals surface area contributed by atoms with Crippen LogP contribution in [0.2, 0.25) is 0 Å². The van der Waals surface area contributed by atoms with Gasteiger partial charge in [-0.3, -0.25) is 4.79 Å². The molecule has 2 aromatic rings. The number of amides is 1. The van der Waals surface area contributed by atoms with Crippen LogP contribution in [0.15, 0.2) is 24.3 Å². The summed E-state index contributed by atoms with van der Waals surface area (Å²) < 4.78 is 1.95. The zero-order valence-electron chi connectivity index (χ0n) is 14.5. The zero-order chi connectivity index (χ0) is 17.1. The third-order valence-corrected chi connectivity index (χ3v) is 4.62. The van der Waals surface area contributed by atoms with Crippen LogP contribution in [0.3, 0.4) is 0 Å². The fourth-order valence-electron chi connectivity index (χ4n) is 3.20. The van der Waals surface area contributed by atoms with E-state index in [2.05, 4.69) is 41.6 Å². The SMILES string of the molecule is CCc1ccc(-n2nc(C(=O)NCCC(C)N)c3c2CCC3)cc1. The van der Waals surface area contributed by atoms with Crippen LogP contribution in [-0.4, -0.2) is 28.3 Å². The number of benzene rings is 1. The number of carbonyl (C=O) groups is 1. The molecular formula is C19H26N4O. The standard InChI is InChI=1S/C19H26N4O/c1-3-14-7-9-15(10-8-14)23-17-6-4-5-16(17)18(22-23)19(24)21-12-11-13(2)20/h7-10,13H,3-6,11-12,20H2,1-2H3,(H,21,24). The lowest BCUT2D eigenvalue weighted by Gasteiger charge is -2.07. The lowest BCUT2D eigenvalue weighted by atomic mass is 10.1. The Hall–Kier alpha value is -2.14. The van der Waals surface area contributed by atoms with Gasteiger partial charge in [-0.15, -0.1) is 0 Å². The second-order valence-electron chi connectivity index (χ2n) is 6.58. The second-order valence-corrected chi connectivity index (χ2v) is 6.58. The van der Waals surface area contributed by atoms with Gasteiger partial charge in [0, 0.05) is 23.8 Å². The Balaban J connectivity index is 1.85. The van der Waals surface area contributed by atoms with Crippen molar-refractivity contribution in [2.24, 2.45) is 5.73 Å². The Kier molecular flexibility index (Phi) is 5.00. The van der Waals surface area contributed by atoms with E-state index in [1.54, 1.807) is 0 Å². The van der Waals surface area contributed by atoms with Crippen LogP contribution in [0, 0.1) is 0 Å². The molecule has 24 heavy (non-hydrogen) atoms. The maximum absolute atomic E-state index is 12.5. The number of fused-ring (bicyclic) bond motifs is 1. The average molecular weight is 326 g/mol. The summed E-state index contributed by atoms with van der Waals surface area (Å²) in [4.78, 5) is 12.5. The number of nitrogens with one attached hydrogen (secondary N) is 1. The Labute approximate surface area is 143 Å². The highest BCUT2D eigenvalue weighted by molar-refractivity contribution is 5.94. The maximum atomic E-state index is 12.5. The maximum Gasteiger partial charge on any atom is 0.272 e. The van der Waals surface area contributed by atoms with E-state index in [0.29, 0.717) is 12.2 Å². The van der Waals surface area contributed by atoms with Gasteiger partial charge in [0.05, 0.1) is 5.69 Å². The Bertz CT molecular complexity index is 716. The Morgan fingerprint density at radius 1 is 1.33 bits per heavy atom. The fourth-order valence-corrected chi connectivity index (χ4v) is 3.20. The van der Waals surface area contributed by atoms with E-state index < -0.39 is 0 Å². The van der Waals surface area contributed by atoms with E-state index >= 15 is 0 Å². The van der Waals surface area contributed by atoms with Crippen molar-refractivity contribution in [2.75, 3.05) is 6.54 Å². The molecule has 5 nitrogen and oxygen atoms in total. The molecule has 3 rings (SSSR count). The first kappa shape index (κ1) is 16.7. The van der Waals surface area contributed by atoms with Crippen molar-refractivity contribution in [1.29, 1.82) is 0 Å². The van der Waals surface area contributed by atoms with Gasteiger partial charge in [0.1, 0.15) is 0 Å². The minimum Gasteiger partial charge on any atom is -0.351 e. The number of nitrogens with two attached hydrogens (primary N) is 1. The van der Waals surface area contributed by atoms with Gasteiger partial charge in [-0.05, 0) is 56.7 Å². The summed E-state index contributed by atoms with van der Waals surface area (Å²) in [6.45, 7) is 4.67. The third-order valence-electron chi connectivity index (χ3n) is 4.62. The highest BCUT2D eigenvalue weighted by Crippen LogP contribution is 2.28. The number of hydrogen-bond donors (Lipinski definition) is 2. The Morgan fingerprint density at radius 2 is 2.08 bits per heavy atom. The number of nitrogens with zero attached hydrogens (tertiary/aromatic N) is 2. The first-order valence-corrected chi connectivity index (χ1v) is 8.84. The van der Waals surface area contributed by atoms with E-state index in [1.165, 1.54) is 11.3 Å². The average Bonchev–Trinajstić information content (AvgIpc) is 3.16. The first-order valence-electron chi connectivity index (χ1n) is 8.84. The summed E-state index contributed by atoms with van der Waals surface area (Å²) in [5.74, 6) is -0.0854. The molecule has 1 heterocycles. The summed E-state index contributed by atoms with van der Waals surface area (Å²) >= 11 is 0. The molecule has 3 N–H and O–H groups in total. The smallest absolute Gasteiger partial charge is 0.272 e. The third kappa shape index (κ3) is 3.36. The number of rotatable bonds is 6. The summed E-state index contributed by atoms with van der Waals surface area (Å²) in [6, 6.07) is 8.51. The molecule has 0 saturated heterocycles. The number of aryl methyl sites for hydroxylation is 1. The van der Waals surface area contributed by atoms with Crippen LogP contribution in [-0.2, 0) is 19.3 Å². The molecule has 0 bridgehead atoms. The molecule has 1 aliphatic rings. The highest BCUT2D eigenvalue weighted by atomic mass is 16.1. The van der Waals surface area contributed by atoms with Crippen molar-refractivity contribution in [3.63, 3.8) is 0 Å². The first-order chi connectivity index (χ1) is 11.6. The summed E-state index contributed by atoms with van der Waals surface area (Å²) in [6.07, 6.45) is 4.78. The molecule has 0 saturated carbocycles. The van der Waals surface area contributed by atoms with E-state index in [9.17, 15) is 4.79 Å². The van der Waals surface area contributed by atoms with Gasteiger partial charge in [0.2, 0.25) is 0 Å². The topological polar surface area (TPSA) is 72.9 Å². The zero-order valence-corrected chi connectivity index (χ0v) is 14.5. The van der Waals surface area contributed by atoms with Crippen LogP contribution >= 0.6 is 0 Å². The minimum absolute atomic E-state index is 0.0854. The van der Waals surface area contributed by atoms with Crippen LogP contribution in [0.25, 0.3) is 5.69 Å². The van der Waals surface area contributed by atoms with Gasteiger partial charge in [-0.25, -0.2) is 4.68 Å². The lowest BCUT2D eigenvalue weighted by molar-refractivity contribution is 0.0946. The molecule has 0 radical (unpaired) electrons. The van der Waals surface area contributed by atoms with Crippen molar-refractivity contribution in [3.8, 4) is 5.69 Å². The van der Waals surface area contributed by atoms with Gasteiger partial charge in [0.25, 0.3) is 5.91 Å². The second kappa shape index (κ2) is 7.18. The number of hydrogen-bond acceptors (Lipinski definition) is 3. The van der Waals surface area contributed by atoms with Crippen LogP contribution < -0.4 is 11.1 Å². The van der Waals surface area contributed by atoms with E-state index in [4.69, 9.17) is 5.73 Å². The predicted molar refractivity (Wildman–Crippen MR) is 95.6 cm³/mol. The molecule has 1 unspecified atom stereocenters. The van der Waals surface area contributed by atoms with E-state index in [-0.39, 0.29) is 11.9 Å². The fraction of sp³-hybridized carbons (Fsp3) is 0.474. The van der Waals surface area contributed by atoms with E-state index in [0.717, 1.165) is 43.4 Å². The highest BCUT2D eigenvalue weighted by Gasteiger charge is 2.26. The van der Waals surface area contributed by atoms with Crippen molar-refractivity contribution in [2.45, 2.75) is 52.0 Å². The minimum atomic E-state index is -0.0854.